The van der Waals surface area contributed by atoms with E-state index in [2.05, 4.69) is 17.1 Å². The van der Waals surface area contributed by atoms with Crippen molar-refractivity contribution in [1.29, 1.82) is 0 Å². The van der Waals surface area contributed by atoms with Crippen LogP contribution in [0.15, 0.2) is 54.4 Å². The second kappa shape index (κ2) is 6.94. The topological polar surface area (TPSA) is 32.3 Å². The third kappa shape index (κ3) is 3.73. The molecule has 3 heteroatoms. The Morgan fingerprint density at radius 3 is 2.80 bits per heavy atom. The van der Waals surface area contributed by atoms with Crippen molar-refractivity contribution in [2.75, 3.05) is 6.54 Å². The third-order valence-electron chi connectivity index (χ3n) is 3.38. The molecule has 0 spiro atoms. The fourth-order valence-corrected chi connectivity index (χ4v) is 2.27. The van der Waals surface area contributed by atoms with E-state index in [4.69, 9.17) is 0 Å². The predicted octanol–water partition coefficient (Wildman–Crippen LogP) is 3.38. The molecule has 1 aromatic carbocycles. The maximum atomic E-state index is 12.3. The number of benzene rings is 1. The molecule has 1 aromatic rings. The average Bonchev–Trinajstić information content (AvgIpc) is 2.48. The summed E-state index contributed by atoms with van der Waals surface area (Å²) in [4.78, 5) is 14.4. The molecule has 3 nitrogen and oxygen atoms in total. The van der Waals surface area contributed by atoms with Gasteiger partial charge in [-0.2, -0.15) is 0 Å². The van der Waals surface area contributed by atoms with Crippen LogP contribution in [0.1, 0.15) is 38.3 Å². The van der Waals surface area contributed by atoms with E-state index < -0.39 is 0 Å². The summed E-state index contributed by atoms with van der Waals surface area (Å²) in [6, 6.07) is 10.0. The summed E-state index contributed by atoms with van der Waals surface area (Å²) >= 11 is 0. The van der Waals surface area contributed by atoms with E-state index in [0.717, 1.165) is 24.1 Å². The fourth-order valence-electron chi connectivity index (χ4n) is 2.27. The van der Waals surface area contributed by atoms with Gasteiger partial charge in [0.15, 0.2) is 0 Å². The van der Waals surface area contributed by atoms with Gasteiger partial charge in [0.05, 0.1) is 6.04 Å². The van der Waals surface area contributed by atoms with Crippen molar-refractivity contribution in [3.63, 3.8) is 0 Å². The Labute approximate surface area is 121 Å². The van der Waals surface area contributed by atoms with Gasteiger partial charge in [0.1, 0.15) is 0 Å². The van der Waals surface area contributed by atoms with Crippen molar-refractivity contribution in [3.05, 3.63) is 59.9 Å². The Morgan fingerprint density at radius 1 is 1.35 bits per heavy atom. The SMILES string of the molecule is CCCN1C=CCC(C(=O)NC(C)c2ccccc2)=C1. The minimum Gasteiger partial charge on any atom is -0.354 e. The molecule has 0 saturated carbocycles. The van der Waals surface area contributed by atoms with Crippen molar-refractivity contribution in [1.82, 2.24) is 10.2 Å². The number of rotatable bonds is 5. The fraction of sp³-hybridized carbons (Fsp3) is 0.353. The van der Waals surface area contributed by atoms with Crippen LogP contribution in [0.3, 0.4) is 0 Å². The highest BCUT2D eigenvalue weighted by Crippen LogP contribution is 2.16. The standard InChI is InChI=1S/C17H22N2O/c1-3-11-19-12-7-10-16(13-19)17(20)18-14(2)15-8-5-4-6-9-15/h4-9,12-14H,3,10-11H2,1-2H3,(H,18,20). The molecule has 1 amide bonds. The smallest absolute Gasteiger partial charge is 0.249 e. The van der Waals surface area contributed by atoms with Crippen molar-refractivity contribution in [2.24, 2.45) is 0 Å². The molecule has 106 valence electrons. The van der Waals surface area contributed by atoms with Crippen LogP contribution in [0.4, 0.5) is 0 Å². The van der Waals surface area contributed by atoms with Gasteiger partial charge in [-0.25, -0.2) is 0 Å². The quantitative estimate of drug-likeness (QED) is 0.889. The first-order chi connectivity index (χ1) is 9.70. The van der Waals surface area contributed by atoms with Crippen molar-refractivity contribution >= 4 is 5.91 Å². The predicted molar refractivity (Wildman–Crippen MR) is 81.8 cm³/mol. The van der Waals surface area contributed by atoms with Gasteiger partial charge < -0.3 is 10.2 Å². The van der Waals surface area contributed by atoms with E-state index in [0.29, 0.717) is 6.42 Å². The Balaban J connectivity index is 1.98. The molecule has 1 N–H and O–H groups in total. The van der Waals surface area contributed by atoms with Gasteiger partial charge in [-0.15, -0.1) is 0 Å². The van der Waals surface area contributed by atoms with E-state index in [-0.39, 0.29) is 11.9 Å². The van der Waals surface area contributed by atoms with Crippen molar-refractivity contribution in [3.8, 4) is 0 Å². The first-order valence-corrected chi connectivity index (χ1v) is 7.19. The Morgan fingerprint density at radius 2 is 2.10 bits per heavy atom. The molecule has 20 heavy (non-hydrogen) atoms. The second-order valence-electron chi connectivity index (χ2n) is 5.09. The number of hydrogen-bond donors (Lipinski definition) is 1. The summed E-state index contributed by atoms with van der Waals surface area (Å²) in [5, 5.41) is 3.06. The van der Waals surface area contributed by atoms with Crippen LogP contribution in [0, 0.1) is 0 Å². The lowest BCUT2D eigenvalue weighted by atomic mass is 10.1. The lowest BCUT2D eigenvalue weighted by Crippen LogP contribution is -2.30. The minimum absolute atomic E-state index is 0.0202. The largest absolute Gasteiger partial charge is 0.354 e. The lowest BCUT2D eigenvalue weighted by molar-refractivity contribution is -0.118. The molecule has 1 atom stereocenters. The molecule has 1 heterocycles. The van der Waals surface area contributed by atoms with Gasteiger partial charge in [0.25, 0.3) is 0 Å². The van der Waals surface area contributed by atoms with Crippen LogP contribution in [0.2, 0.25) is 0 Å². The zero-order valence-electron chi connectivity index (χ0n) is 12.2. The number of carbonyl (C=O) groups is 1. The Hall–Kier alpha value is -2.03. The molecule has 2 rings (SSSR count). The van der Waals surface area contributed by atoms with Gasteiger partial charge in [-0.05, 0) is 31.5 Å². The van der Waals surface area contributed by atoms with Gasteiger partial charge in [-0.3, -0.25) is 4.79 Å². The van der Waals surface area contributed by atoms with E-state index in [1.807, 2.05) is 55.7 Å². The number of carbonyl (C=O) groups excluding carboxylic acids is 1. The number of nitrogens with zero attached hydrogens (tertiary/aromatic N) is 1. The molecule has 0 aromatic heterocycles. The molecule has 1 aliphatic rings. The zero-order chi connectivity index (χ0) is 14.4. The van der Waals surface area contributed by atoms with E-state index in [9.17, 15) is 4.79 Å². The average molecular weight is 270 g/mol. The second-order valence-corrected chi connectivity index (χ2v) is 5.09. The highest BCUT2D eigenvalue weighted by atomic mass is 16.1. The van der Waals surface area contributed by atoms with Crippen LogP contribution in [0.5, 0.6) is 0 Å². The molecule has 1 unspecified atom stereocenters. The summed E-state index contributed by atoms with van der Waals surface area (Å²) in [5.41, 5.74) is 1.95. The van der Waals surface area contributed by atoms with Gasteiger partial charge >= 0.3 is 0 Å². The summed E-state index contributed by atoms with van der Waals surface area (Å²) < 4.78 is 0. The van der Waals surface area contributed by atoms with Gasteiger partial charge in [0.2, 0.25) is 5.91 Å². The van der Waals surface area contributed by atoms with Crippen LogP contribution >= 0.6 is 0 Å². The Kier molecular flexibility index (Phi) is 4.99. The van der Waals surface area contributed by atoms with Gasteiger partial charge in [0, 0.05) is 18.3 Å². The highest BCUT2D eigenvalue weighted by Gasteiger charge is 2.15. The highest BCUT2D eigenvalue weighted by molar-refractivity contribution is 5.94. The Bertz CT molecular complexity index is 505. The summed E-state index contributed by atoms with van der Waals surface area (Å²) in [6.45, 7) is 5.09. The maximum absolute atomic E-state index is 12.3. The van der Waals surface area contributed by atoms with Crippen molar-refractivity contribution < 1.29 is 4.79 Å². The normalized spacial score (nSPS) is 15.7. The molecule has 0 fully saturated rings. The first-order valence-electron chi connectivity index (χ1n) is 7.19. The van der Waals surface area contributed by atoms with E-state index in [1.165, 1.54) is 0 Å². The number of allylic oxidation sites excluding steroid dienone is 1. The molecule has 0 radical (unpaired) electrons. The maximum Gasteiger partial charge on any atom is 0.249 e. The summed E-state index contributed by atoms with van der Waals surface area (Å²) in [7, 11) is 0. The van der Waals surface area contributed by atoms with E-state index >= 15 is 0 Å². The monoisotopic (exact) mass is 270 g/mol. The molecular formula is C17H22N2O. The molecule has 0 saturated heterocycles. The zero-order valence-corrected chi connectivity index (χ0v) is 12.2. The van der Waals surface area contributed by atoms with Gasteiger partial charge in [-0.1, -0.05) is 43.3 Å². The molecule has 1 aliphatic heterocycles. The van der Waals surface area contributed by atoms with Crippen LogP contribution in [-0.2, 0) is 4.79 Å². The van der Waals surface area contributed by atoms with Crippen LogP contribution < -0.4 is 5.32 Å². The van der Waals surface area contributed by atoms with Crippen LogP contribution in [0.25, 0.3) is 0 Å². The minimum atomic E-state index is 0.0202. The first kappa shape index (κ1) is 14.4. The number of amides is 1. The molecule has 0 aliphatic carbocycles. The van der Waals surface area contributed by atoms with Crippen LogP contribution in [-0.4, -0.2) is 17.4 Å². The third-order valence-corrected chi connectivity index (χ3v) is 3.38. The number of hydrogen-bond acceptors (Lipinski definition) is 2. The molecular weight excluding hydrogens is 248 g/mol. The summed E-state index contributed by atoms with van der Waals surface area (Å²) in [5.74, 6) is 0.0202. The lowest BCUT2D eigenvalue weighted by Gasteiger charge is -2.22. The van der Waals surface area contributed by atoms with E-state index in [1.54, 1.807) is 0 Å². The van der Waals surface area contributed by atoms with Crippen molar-refractivity contribution in [2.45, 2.75) is 32.7 Å². The summed E-state index contributed by atoms with van der Waals surface area (Å²) in [6.07, 6.45) is 7.80. The number of nitrogens with one attached hydrogen (secondary N) is 1. The molecule has 0 bridgehead atoms.